The standard InChI is InChI=1S/C17H29N5O9/c1-7(2)13(22-14(27)8(18)6-23)16(29)21-10(5-11(19)24)15(28)20-9(17(30)31)3-4-12(25)26/h7-10,13,23H,3-6,18H2,1-2H3,(H2,19,24)(H,20,28)(H,21,29)(H,22,27)(H,25,26)(H,30,31). The average molecular weight is 447 g/mol. The Morgan fingerprint density at radius 1 is 0.871 bits per heavy atom. The second-order valence-corrected chi connectivity index (χ2v) is 7.08. The minimum atomic E-state index is -1.58. The molecule has 0 aromatic rings. The number of carboxylic acid groups (broad SMARTS) is 2. The first-order valence-electron chi connectivity index (χ1n) is 9.30. The number of nitrogens with two attached hydrogens (primary N) is 2. The van der Waals surface area contributed by atoms with Gasteiger partial charge in [0.1, 0.15) is 24.2 Å². The summed E-state index contributed by atoms with van der Waals surface area (Å²) >= 11 is 0. The van der Waals surface area contributed by atoms with Crippen molar-refractivity contribution < 1.29 is 44.1 Å². The molecule has 176 valence electrons. The van der Waals surface area contributed by atoms with Gasteiger partial charge in [-0.2, -0.15) is 0 Å². The van der Waals surface area contributed by atoms with Gasteiger partial charge in [-0.1, -0.05) is 13.8 Å². The molecular weight excluding hydrogens is 418 g/mol. The first-order chi connectivity index (χ1) is 14.3. The van der Waals surface area contributed by atoms with Crippen LogP contribution in [0.15, 0.2) is 0 Å². The third kappa shape index (κ3) is 10.4. The minimum absolute atomic E-state index is 0.433. The average Bonchev–Trinajstić information content (AvgIpc) is 2.66. The summed E-state index contributed by atoms with van der Waals surface area (Å²) in [5, 5.41) is 33.4. The van der Waals surface area contributed by atoms with Crippen LogP contribution in [0.4, 0.5) is 0 Å². The molecule has 4 amide bonds. The molecule has 31 heavy (non-hydrogen) atoms. The number of carboxylic acids is 2. The van der Waals surface area contributed by atoms with Crippen molar-refractivity contribution in [2.24, 2.45) is 17.4 Å². The number of hydrogen-bond donors (Lipinski definition) is 8. The molecule has 0 radical (unpaired) electrons. The predicted octanol–water partition coefficient (Wildman–Crippen LogP) is -3.76. The van der Waals surface area contributed by atoms with E-state index in [2.05, 4.69) is 16.0 Å². The van der Waals surface area contributed by atoms with E-state index in [0.717, 1.165) is 0 Å². The summed E-state index contributed by atoms with van der Waals surface area (Å²) in [6, 6.07) is -5.65. The molecule has 0 saturated carbocycles. The van der Waals surface area contributed by atoms with E-state index < -0.39 is 91.5 Å². The van der Waals surface area contributed by atoms with E-state index in [-0.39, 0.29) is 0 Å². The second kappa shape index (κ2) is 13.1. The zero-order valence-corrected chi connectivity index (χ0v) is 17.2. The van der Waals surface area contributed by atoms with E-state index in [9.17, 15) is 28.8 Å². The molecule has 0 aromatic carbocycles. The first-order valence-corrected chi connectivity index (χ1v) is 9.30. The van der Waals surface area contributed by atoms with Crippen LogP contribution in [-0.4, -0.2) is 81.7 Å². The molecule has 0 aromatic heterocycles. The van der Waals surface area contributed by atoms with Crippen molar-refractivity contribution in [2.45, 2.75) is 57.3 Å². The summed E-state index contributed by atoms with van der Waals surface area (Å²) in [6.07, 6.45) is -1.66. The van der Waals surface area contributed by atoms with Gasteiger partial charge in [0, 0.05) is 6.42 Å². The highest BCUT2D eigenvalue weighted by Gasteiger charge is 2.32. The highest BCUT2D eigenvalue weighted by atomic mass is 16.4. The second-order valence-electron chi connectivity index (χ2n) is 7.08. The van der Waals surface area contributed by atoms with Crippen LogP contribution in [0.25, 0.3) is 0 Å². The summed E-state index contributed by atoms with van der Waals surface area (Å²) < 4.78 is 0. The van der Waals surface area contributed by atoms with Crippen molar-refractivity contribution in [3.8, 4) is 0 Å². The number of carbonyl (C=O) groups is 6. The lowest BCUT2D eigenvalue weighted by molar-refractivity contribution is -0.143. The summed E-state index contributed by atoms with van der Waals surface area (Å²) in [5.74, 6) is -7.05. The summed E-state index contributed by atoms with van der Waals surface area (Å²) in [5.41, 5.74) is 10.5. The van der Waals surface area contributed by atoms with E-state index in [1.54, 1.807) is 13.8 Å². The van der Waals surface area contributed by atoms with Gasteiger partial charge in [0.15, 0.2) is 0 Å². The molecule has 10 N–H and O–H groups in total. The number of amides is 4. The van der Waals surface area contributed by atoms with Crippen LogP contribution in [0.5, 0.6) is 0 Å². The van der Waals surface area contributed by atoms with Gasteiger partial charge in [-0.05, 0) is 12.3 Å². The van der Waals surface area contributed by atoms with Crippen molar-refractivity contribution in [1.29, 1.82) is 0 Å². The van der Waals surface area contributed by atoms with Gasteiger partial charge in [-0.25, -0.2) is 4.79 Å². The highest BCUT2D eigenvalue weighted by Crippen LogP contribution is 2.05. The molecule has 0 spiro atoms. The Bertz CT molecular complexity index is 697. The number of nitrogens with one attached hydrogen (secondary N) is 3. The Morgan fingerprint density at radius 2 is 1.42 bits per heavy atom. The van der Waals surface area contributed by atoms with Crippen LogP contribution in [0.2, 0.25) is 0 Å². The SMILES string of the molecule is CC(C)C(NC(=O)C(N)CO)C(=O)NC(CC(N)=O)C(=O)NC(CCC(=O)O)C(=O)O. The third-order valence-electron chi connectivity index (χ3n) is 4.08. The molecule has 0 heterocycles. The zero-order chi connectivity index (χ0) is 24.3. The maximum atomic E-state index is 12.6. The highest BCUT2D eigenvalue weighted by molar-refractivity contribution is 5.96. The normalized spacial score (nSPS) is 14.6. The van der Waals surface area contributed by atoms with Crippen LogP contribution < -0.4 is 27.4 Å². The molecule has 14 nitrogen and oxygen atoms in total. The number of aliphatic hydroxyl groups excluding tert-OH is 1. The number of rotatable bonds is 14. The van der Waals surface area contributed by atoms with Gasteiger partial charge in [-0.3, -0.25) is 24.0 Å². The number of aliphatic carboxylic acids is 2. The van der Waals surface area contributed by atoms with Gasteiger partial charge in [0.05, 0.1) is 13.0 Å². The topological polar surface area (TPSA) is 251 Å². The van der Waals surface area contributed by atoms with E-state index in [1.165, 1.54) is 0 Å². The lowest BCUT2D eigenvalue weighted by atomic mass is 10.0. The van der Waals surface area contributed by atoms with Crippen LogP contribution in [0.1, 0.15) is 33.1 Å². The maximum Gasteiger partial charge on any atom is 0.326 e. The molecule has 14 heteroatoms. The van der Waals surface area contributed by atoms with Gasteiger partial charge in [-0.15, -0.1) is 0 Å². The van der Waals surface area contributed by atoms with Gasteiger partial charge < -0.3 is 42.7 Å². The Kier molecular flexibility index (Phi) is 11.7. The van der Waals surface area contributed by atoms with Crippen LogP contribution in [0, 0.1) is 5.92 Å². The molecule has 0 saturated heterocycles. The van der Waals surface area contributed by atoms with Gasteiger partial charge in [0.25, 0.3) is 0 Å². The molecule has 0 aliphatic carbocycles. The lowest BCUT2D eigenvalue weighted by Gasteiger charge is -2.26. The van der Waals surface area contributed by atoms with E-state index in [4.69, 9.17) is 26.8 Å². The predicted molar refractivity (Wildman–Crippen MR) is 104 cm³/mol. The van der Waals surface area contributed by atoms with Crippen molar-refractivity contribution >= 4 is 35.6 Å². The van der Waals surface area contributed by atoms with E-state index in [1.807, 2.05) is 0 Å². The monoisotopic (exact) mass is 447 g/mol. The Morgan fingerprint density at radius 3 is 1.84 bits per heavy atom. The molecule has 4 atom stereocenters. The fourth-order valence-electron chi connectivity index (χ4n) is 2.35. The van der Waals surface area contributed by atoms with Crippen LogP contribution in [0.3, 0.4) is 0 Å². The fraction of sp³-hybridized carbons (Fsp3) is 0.647. The molecule has 0 rings (SSSR count). The van der Waals surface area contributed by atoms with E-state index in [0.29, 0.717) is 0 Å². The lowest BCUT2D eigenvalue weighted by Crippen LogP contribution is -2.59. The molecule has 4 unspecified atom stereocenters. The number of primary amides is 1. The summed E-state index contributed by atoms with van der Waals surface area (Å²) in [6.45, 7) is 2.48. The van der Waals surface area contributed by atoms with Crippen molar-refractivity contribution in [1.82, 2.24) is 16.0 Å². The molecule has 0 fully saturated rings. The summed E-state index contributed by atoms with van der Waals surface area (Å²) in [4.78, 5) is 70.2. The van der Waals surface area contributed by atoms with Crippen LogP contribution >= 0.6 is 0 Å². The first kappa shape index (κ1) is 27.7. The van der Waals surface area contributed by atoms with Gasteiger partial charge in [0.2, 0.25) is 23.6 Å². The Labute approximate surface area is 177 Å². The van der Waals surface area contributed by atoms with Gasteiger partial charge >= 0.3 is 11.9 Å². The third-order valence-corrected chi connectivity index (χ3v) is 4.08. The van der Waals surface area contributed by atoms with Crippen molar-refractivity contribution in [3.63, 3.8) is 0 Å². The fourth-order valence-corrected chi connectivity index (χ4v) is 2.35. The Balaban J connectivity index is 5.43. The molecule has 0 aliphatic heterocycles. The largest absolute Gasteiger partial charge is 0.481 e. The molecular formula is C17H29N5O9. The van der Waals surface area contributed by atoms with Crippen LogP contribution in [-0.2, 0) is 28.8 Å². The minimum Gasteiger partial charge on any atom is -0.481 e. The summed E-state index contributed by atoms with van der Waals surface area (Å²) in [7, 11) is 0. The van der Waals surface area contributed by atoms with E-state index >= 15 is 0 Å². The number of carbonyl (C=O) groups excluding carboxylic acids is 4. The van der Waals surface area contributed by atoms with Crippen molar-refractivity contribution in [3.05, 3.63) is 0 Å². The quantitative estimate of drug-likeness (QED) is 0.129. The molecule has 0 bridgehead atoms. The molecule has 0 aliphatic rings. The number of hydrogen-bond acceptors (Lipinski definition) is 8. The zero-order valence-electron chi connectivity index (χ0n) is 17.2. The Hall–Kier alpha value is -3.26. The van der Waals surface area contributed by atoms with Crippen molar-refractivity contribution in [2.75, 3.05) is 6.61 Å². The number of aliphatic hydroxyl groups is 1. The maximum absolute atomic E-state index is 12.6. The smallest absolute Gasteiger partial charge is 0.326 e.